The van der Waals surface area contributed by atoms with E-state index >= 15 is 0 Å². The summed E-state index contributed by atoms with van der Waals surface area (Å²) in [6, 6.07) is 7.10. The molecule has 0 radical (unpaired) electrons. The van der Waals surface area contributed by atoms with Crippen molar-refractivity contribution in [3.63, 3.8) is 0 Å². The molecule has 128 valence electrons. The molecule has 0 spiro atoms. The molecular weight excluding hydrogens is 332 g/mol. The van der Waals surface area contributed by atoms with Gasteiger partial charge in [-0.05, 0) is 30.9 Å². The smallest absolute Gasteiger partial charge is 0.311 e. The van der Waals surface area contributed by atoms with Gasteiger partial charge in [-0.1, -0.05) is 23.7 Å². The molecule has 1 aliphatic carbocycles. The Bertz CT molecular complexity index is 906. The summed E-state index contributed by atoms with van der Waals surface area (Å²) in [6.07, 6.45) is 2.16. The van der Waals surface area contributed by atoms with Crippen molar-refractivity contribution in [2.45, 2.75) is 25.0 Å². The molecule has 8 heteroatoms. The molecule has 2 aromatic rings. The zero-order valence-electron chi connectivity index (χ0n) is 13.0. The highest BCUT2D eigenvalue weighted by Crippen LogP contribution is 2.49. The average Bonchev–Trinajstić information content (AvgIpc) is 3.19. The molecule has 24 heavy (non-hydrogen) atoms. The first-order valence-corrected chi connectivity index (χ1v) is 9.58. The standard InChI is InChI=1S/C16H18N2O5S/c19-15(20)16-7-3-4-11(16)8-18(10-16)24(21,22)9-13-12-5-1-2-6-14(12)23-17-13/h1-2,5-6,11H,3-4,7-10H2,(H,19,20)/t11-,16+/m0/s1. The van der Waals surface area contributed by atoms with Gasteiger partial charge in [-0.3, -0.25) is 4.79 Å². The quantitative estimate of drug-likeness (QED) is 0.903. The number of hydrogen-bond donors (Lipinski definition) is 1. The van der Waals surface area contributed by atoms with Crippen LogP contribution in [0.2, 0.25) is 0 Å². The molecule has 1 aromatic carbocycles. The third-order valence-corrected chi connectivity index (χ3v) is 7.13. The van der Waals surface area contributed by atoms with Crippen LogP contribution in [0.5, 0.6) is 0 Å². The molecular formula is C16H18N2O5S. The Kier molecular flexibility index (Phi) is 3.43. The van der Waals surface area contributed by atoms with Gasteiger partial charge >= 0.3 is 5.97 Å². The van der Waals surface area contributed by atoms with Crippen LogP contribution in [0.25, 0.3) is 11.0 Å². The van der Waals surface area contributed by atoms with Crippen molar-refractivity contribution in [1.82, 2.24) is 9.46 Å². The van der Waals surface area contributed by atoms with Crippen LogP contribution in [0.1, 0.15) is 25.0 Å². The Balaban J connectivity index is 1.61. The van der Waals surface area contributed by atoms with Crippen molar-refractivity contribution in [3.8, 4) is 0 Å². The Labute approximate surface area is 139 Å². The number of sulfonamides is 1. The summed E-state index contributed by atoms with van der Waals surface area (Å²) in [4.78, 5) is 11.7. The molecule has 2 aliphatic rings. The second-order valence-electron chi connectivity index (χ2n) is 6.72. The summed E-state index contributed by atoms with van der Waals surface area (Å²) >= 11 is 0. The molecule has 0 amide bonds. The highest BCUT2D eigenvalue weighted by atomic mass is 32.2. The molecule has 1 aliphatic heterocycles. The number of nitrogens with zero attached hydrogens (tertiary/aromatic N) is 2. The van der Waals surface area contributed by atoms with E-state index in [0.29, 0.717) is 23.1 Å². The summed E-state index contributed by atoms with van der Waals surface area (Å²) in [5.41, 5.74) is -0.00563. The average molecular weight is 350 g/mol. The maximum atomic E-state index is 12.8. The van der Waals surface area contributed by atoms with Crippen LogP contribution >= 0.6 is 0 Å². The first-order chi connectivity index (χ1) is 11.4. The van der Waals surface area contributed by atoms with Crippen LogP contribution < -0.4 is 0 Å². The number of hydrogen-bond acceptors (Lipinski definition) is 5. The number of benzene rings is 1. The lowest BCUT2D eigenvalue weighted by atomic mass is 9.81. The van der Waals surface area contributed by atoms with Crippen molar-refractivity contribution in [2.75, 3.05) is 13.1 Å². The van der Waals surface area contributed by atoms with Gasteiger partial charge in [0.1, 0.15) is 11.4 Å². The van der Waals surface area contributed by atoms with Crippen LogP contribution in [0.15, 0.2) is 28.8 Å². The highest BCUT2D eigenvalue weighted by Gasteiger charge is 2.57. The first kappa shape index (κ1) is 15.6. The van der Waals surface area contributed by atoms with E-state index in [-0.39, 0.29) is 24.8 Å². The van der Waals surface area contributed by atoms with Gasteiger partial charge in [0, 0.05) is 18.5 Å². The summed E-state index contributed by atoms with van der Waals surface area (Å²) in [5, 5.41) is 14.2. The highest BCUT2D eigenvalue weighted by molar-refractivity contribution is 7.88. The van der Waals surface area contributed by atoms with E-state index in [1.54, 1.807) is 24.3 Å². The summed E-state index contributed by atoms with van der Waals surface area (Å²) < 4.78 is 32.1. The molecule has 1 saturated carbocycles. The normalized spacial score (nSPS) is 27.6. The molecule has 2 fully saturated rings. The number of carboxylic acid groups (broad SMARTS) is 1. The number of para-hydroxylation sites is 1. The lowest BCUT2D eigenvalue weighted by molar-refractivity contribution is -0.149. The monoisotopic (exact) mass is 350 g/mol. The number of fused-ring (bicyclic) bond motifs is 2. The van der Waals surface area contributed by atoms with E-state index in [0.717, 1.165) is 12.8 Å². The van der Waals surface area contributed by atoms with E-state index in [4.69, 9.17) is 4.52 Å². The van der Waals surface area contributed by atoms with Crippen LogP contribution in [-0.4, -0.2) is 42.0 Å². The second kappa shape index (κ2) is 5.29. The summed E-state index contributed by atoms with van der Waals surface area (Å²) in [5.74, 6) is -1.25. The number of carboxylic acids is 1. The zero-order chi connectivity index (χ0) is 16.9. The predicted molar refractivity (Wildman–Crippen MR) is 85.6 cm³/mol. The molecule has 7 nitrogen and oxygen atoms in total. The number of rotatable bonds is 4. The molecule has 4 rings (SSSR count). The van der Waals surface area contributed by atoms with E-state index in [1.165, 1.54) is 4.31 Å². The van der Waals surface area contributed by atoms with Gasteiger partial charge in [0.2, 0.25) is 10.0 Å². The van der Waals surface area contributed by atoms with Crippen molar-refractivity contribution in [1.29, 1.82) is 0 Å². The Hall–Kier alpha value is -1.93. The van der Waals surface area contributed by atoms with Gasteiger partial charge in [0.15, 0.2) is 5.58 Å². The second-order valence-corrected chi connectivity index (χ2v) is 8.69. The third-order valence-electron chi connectivity index (χ3n) is 5.43. The van der Waals surface area contributed by atoms with Gasteiger partial charge in [-0.15, -0.1) is 0 Å². The minimum absolute atomic E-state index is 0.0606. The Morgan fingerprint density at radius 3 is 2.96 bits per heavy atom. The molecule has 0 bridgehead atoms. The molecule has 1 aromatic heterocycles. The summed E-state index contributed by atoms with van der Waals surface area (Å²) in [7, 11) is -3.64. The Morgan fingerprint density at radius 1 is 1.42 bits per heavy atom. The van der Waals surface area contributed by atoms with Crippen LogP contribution in [0.3, 0.4) is 0 Å². The minimum atomic E-state index is -3.64. The van der Waals surface area contributed by atoms with Crippen molar-refractivity contribution in [2.24, 2.45) is 11.3 Å². The first-order valence-electron chi connectivity index (χ1n) is 7.97. The van der Waals surface area contributed by atoms with Crippen LogP contribution in [-0.2, 0) is 20.6 Å². The fourth-order valence-electron chi connectivity index (χ4n) is 4.11. The van der Waals surface area contributed by atoms with Gasteiger partial charge in [-0.25, -0.2) is 12.7 Å². The molecule has 2 heterocycles. The van der Waals surface area contributed by atoms with Gasteiger partial charge in [-0.2, -0.15) is 0 Å². The Morgan fingerprint density at radius 2 is 2.21 bits per heavy atom. The number of carbonyl (C=O) groups is 1. The van der Waals surface area contributed by atoms with Crippen molar-refractivity contribution in [3.05, 3.63) is 30.0 Å². The van der Waals surface area contributed by atoms with Crippen molar-refractivity contribution >= 4 is 27.0 Å². The summed E-state index contributed by atoms with van der Waals surface area (Å²) in [6.45, 7) is 0.343. The lowest BCUT2D eigenvalue weighted by Gasteiger charge is -2.23. The van der Waals surface area contributed by atoms with E-state index in [2.05, 4.69) is 5.16 Å². The fraction of sp³-hybridized carbons (Fsp3) is 0.500. The number of aliphatic carboxylic acids is 1. The van der Waals surface area contributed by atoms with Crippen LogP contribution in [0, 0.1) is 11.3 Å². The van der Waals surface area contributed by atoms with E-state index in [9.17, 15) is 18.3 Å². The van der Waals surface area contributed by atoms with Gasteiger partial charge in [0.05, 0.1) is 5.41 Å². The van der Waals surface area contributed by atoms with Gasteiger partial charge < -0.3 is 9.63 Å². The van der Waals surface area contributed by atoms with E-state index in [1.807, 2.05) is 0 Å². The molecule has 0 unspecified atom stereocenters. The maximum absolute atomic E-state index is 12.8. The minimum Gasteiger partial charge on any atom is -0.481 e. The number of aromatic nitrogens is 1. The van der Waals surface area contributed by atoms with Crippen LogP contribution in [0.4, 0.5) is 0 Å². The third kappa shape index (κ3) is 2.24. The largest absolute Gasteiger partial charge is 0.481 e. The maximum Gasteiger partial charge on any atom is 0.311 e. The van der Waals surface area contributed by atoms with Crippen molar-refractivity contribution < 1.29 is 22.8 Å². The zero-order valence-corrected chi connectivity index (χ0v) is 13.8. The fourth-order valence-corrected chi connectivity index (χ4v) is 5.68. The lowest BCUT2D eigenvalue weighted by Crippen LogP contribution is -2.37. The molecule has 1 N–H and O–H groups in total. The molecule has 1 saturated heterocycles. The predicted octanol–water partition coefficient (Wildman–Crippen LogP) is 1.84. The SMILES string of the molecule is O=C(O)[C@@]12CCC[C@H]1CN(S(=O)(=O)Cc1noc3ccccc13)C2. The molecule has 2 atom stereocenters. The van der Waals surface area contributed by atoms with Gasteiger partial charge in [0.25, 0.3) is 0 Å². The topological polar surface area (TPSA) is 101 Å². The van der Waals surface area contributed by atoms with E-state index < -0.39 is 21.4 Å².